The van der Waals surface area contributed by atoms with Crippen molar-refractivity contribution in [1.82, 2.24) is 9.97 Å². The summed E-state index contributed by atoms with van der Waals surface area (Å²) in [7, 11) is 1.67. The van der Waals surface area contributed by atoms with Gasteiger partial charge in [-0.3, -0.25) is 0 Å². The summed E-state index contributed by atoms with van der Waals surface area (Å²) in [6, 6.07) is 7.94. The van der Waals surface area contributed by atoms with E-state index in [1.165, 1.54) is 0 Å². The zero-order valence-corrected chi connectivity index (χ0v) is 11.3. The Labute approximate surface area is 115 Å². The predicted octanol–water partition coefficient (Wildman–Crippen LogP) is 3.31. The molecule has 1 N–H and O–H groups in total. The summed E-state index contributed by atoms with van der Waals surface area (Å²) in [5.74, 6) is 1.72. The van der Waals surface area contributed by atoms with Crippen LogP contribution in [0.5, 0.6) is 5.75 Å². The summed E-state index contributed by atoms with van der Waals surface area (Å²) in [6.45, 7) is 0.682. The molecular formula is C14H13N3OS. The Morgan fingerprint density at radius 3 is 3.00 bits per heavy atom. The van der Waals surface area contributed by atoms with Gasteiger partial charge in [0.15, 0.2) is 0 Å². The van der Waals surface area contributed by atoms with Crippen LogP contribution in [0.4, 0.5) is 5.82 Å². The molecule has 0 unspecified atom stereocenters. The number of pyridine rings is 1. The highest BCUT2D eigenvalue weighted by Crippen LogP contribution is 2.25. The molecule has 0 aliphatic rings. The maximum absolute atomic E-state index is 5.23. The molecule has 0 radical (unpaired) electrons. The lowest BCUT2D eigenvalue weighted by Crippen LogP contribution is -2.02. The number of hydrogen-bond donors (Lipinski definition) is 1. The van der Waals surface area contributed by atoms with Crippen molar-refractivity contribution in [3.05, 3.63) is 47.0 Å². The van der Waals surface area contributed by atoms with E-state index in [2.05, 4.69) is 15.3 Å². The fourth-order valence-corrected chi connectivity index (χ4v) is 2.48. The number of hydrogen-bond acceptors (Lipinski definition) is 5. The van der Waals surface area contributed by atoms with Gasteiger partial charge < -0.3 is 10.1 Å². The molecule has 5 heteroatoms. The maximum Gasteiger partial charge on any atom is 0.134 e. The summed E-state index contributed by atoms with van der Waals surface area (Å²) >= 11 is 1.60. The van der Waals surface area contributed by atoms with E-state index in [0.717, 1.165) is 28.0 Å². The minimum Gasteiger partial charge on any atom is -0.497 e. The third-order valence-electron chi connectivity index (χ3n) is 2.89. The van der Waals surface area contributed by atoms with Gasteiger partial charge in [-0.25, -0.2) is 9.97 Å². The molecule has 0 bridgehead atoms. The lowest BCUT2D eigenvalue weighted by molar-refractivity contribution is 0.415. The van der Waals surface area contributed by atoms with Gasteiger partial charge in [-0.1, -0.05) is 0 Å². The Morgan fingerprint density at radius 2 is 2.21 bits per heavy atom. The number of fused-ring (bicyclic) bond motifs is 1. The number of benzene rings is 1. The first-order valence-electron chi connectivity index (χ1n) is 5.90. The largest absolute Gasteiger partial charge is 0.497 e. The van der Waals surface area contributed by atoms with Gasteiger partial charge in [0.2, 0.25) is 0 Å². The van der Waals surface area contributed by atoms with Gasteiger partial charge in [0.1, 0.15) is 11.6 Å². The highest BCUT2D eigenvalue weighted by atomic mass is 32.1. The first kappa shape index (κ1) is 11.9. The molecule has 3 rings (SSSR count). The third-order valence-corrected chi connectivity index (χ3v) is 3.53. The second-order valence-electron chi connectivity index (χ2n) is 4.08. The molecule has 1 aromatic carbocycles. The molecule has 0 spiro atoms. The van der Waals surface area contributed by atoms with E-state index in [1.54, 1.807) is 24.6 Å². The molecule has 0 atom stereocenters. The number of anilines is 1. The van der Waals surface area contributed by atoms with Crippen LogP contribution in [0, 0.1) is 0 Å². The van der Waals surface area contributed by atoms with Crippen molar-refractivity contribution in [2.45, 2.75) is 6.54 Å². The average Bonchev–Trinajstić information content (AvgIpc) is 2.97. The SMILES string of the molecule is COc1ccc2c(NCc3cscn3)nccc2c1. The van der Waals surface area contributed by atoms with Crippen molar-refractivity contribution < 1.29 is 4.74 Å². The molecule has 4 nitrogen and oxygen atoms in total. The number of nitrogens with zero attached hydrogens (tertiary/aromatic N) is 2. The van der Waals surface area contributed by atoms with Crippen LogP contribution in [0.2, 0.25) is 0 Å². The number of thiazole rings is 1. The second-order valence-corrected chi connectivity index (χ2v) is 4.80. The zero-order valence-electron chi connectivity index (χ0n) is 10.5. The Kier molecular flexibility index (Phi) is 3.29. The van der Waals surface area contributed by atoms with E-state index in [1.807, 2.05) is 35.2 Å². The van der Waals surface area contributed by atoms with Crippen LogP contribution in [-0.4, -0.2) is 17.1 Å². The van der Waals surface area contributed by atoms with E-state index in [0.29, 0.717) is 6.54 Å². The maximum atomic E-state index is 5.23. The van der Waals surface area contributed by atoms with Crippen LogP contribution >= 0.6 is 11.3 Å². The molecule has 0 amide bonds. The summed E-state index contributed by atoms with van der Waals surface area (Å²) in [5.41, 5.74) is 2.86. The van der Waals surface area contributed by atoms with E-state index in [-0.39, 0.29) is 0 Å². The first-order valence-corrected chi connectivity index (χ1v) is 6.85. The van der Waals surface area contributed by atoms with Crippen LogP contribution in [-0.2, 0) is 6.54 Å². The molecule has 0 saturated carbocycles. The minimum absolute atomic E-state index is 0.682. The minimum atomic E-state index is 0.682. The van der Waals surface area contributed by atoms with E-state index in [4.69, 9.17) is 4.74 Å². The monoisotopic (exact) mass is 271 g/mol. The Hall–Kier alpha value is -2.14. The smallest absolute Gasteiger partial charge is 0.134 e. The van der Waals surface area contributed by atoms with Gasteiger partial charge in [-0.2, -0.15) is 0 Å². The van der Waals surface area contributed by atoms with Gasteiger partial charge in [-0.05, 0) is 29.7 Å². The Morgan fingerprint density at radius 1 is 1.26 bits per heavy atom. The number of ether oxygens (including phenoxy) is 1. The van der Waals surface area contributed by atoms with E-state index in [9.17, 15) is 0 Å². The normalized spacial score (nSPS) is 10.6. The predicted molar refractivity (Wildman–Crippen MR) is 77.7 cm³/mol. The summed E-state index contributed by atoms with van der Waals surface area (Å²) in [6.07, 6.45) is 1.80. The molecule has 0 aliphatic heterocycles. The number of methoxy groups -OCH3 is 1. The Balaban J connectivity index is 1.90. The highest BCUT2D eigenvalue weighted by molar-refractivity contribution is 7.07. The van der Waals surface area contributed by atoms with Gasteiger partial charge in [0.25, 0.3) is 0 Å². The summed E-state index contributed by atoms with van der Waals surface area (Å²) in [5, 5.41) is 7.54. The topological polar surface area (TPSA) is 47.0 Å². The second kappa shape index (κ2) is 5.24. The van der Waals surface area contributed by atoms with Gasteiger partial charge in [-0.15, -0.1) is 11.3 Å². The van der Waals surface area contributed by atoms with Crippen molar-refractivity contribution in [3.63, 3.8) is 0 Å². The molecule has 0 aliphatic carbocycles. The number of aromatic nitrogens is 2. The van der Waals surface area contributed by atoms with Crippen LogP contribution in [0.3, 0.4) is 0 Å². The molecule has 3 aromatic rings. The average molecular weight is 271 g/mol. The number of rotatable bonds is 4. The molecule has 0 fully saturated rings. The van der Waals surface area contributed by atoms with E-state index >= 15 is 0 Å². The lowest BCUT2D eigenvalue weighted by Gasteiger charge is -2.08. The quantitative estimate of drug-likeness (QED) is 0.790. The summed E-state index contributed by atoms with van der Waals surface area (Å²) in [4.78, 5) is 8.63. The fraction of sp³-hybridized carbons (Fsp3) is 0.143. The lowest BCUT2D eigenvalue weighted by atomic mass is 10.1. The third kappa shape index (κ3) is 2.51. The fourth-order valence-electron chi connectivity index (χ4n) is 1.92. The van der Waals surface area contributed by atoms with Gasteiger partial charge in [0.05, 0.1) is 24.9 Å². The van der Waals surface area contributed by atoms with Crippen LogP contribution in [0.25, 0.3) is 10.8 Å². The van der Waals surface area contributed by atoms with Crippen molar-refractivity contribution in [1.29, 1.82) is 0 Å². The van der Waals surface area contributed by atoms with Gasteiger partial charge >= 0.3 is 0 Å². The molecule has 19 heavy (non-hydrogen) atoms. The molecule has 0 saturated heterocycles. The number of nitrogens with one attached hydrogen (secondary N) is 1. The van der Waals surface area contributed by atoms with Crippen LogP contribution in [0.15, 0.2) is 41.4 Å². The van der Waals surface area contributed by atoms with Crippen LogP contribution < -0.4 is 10.1 Å². The van der Waals surface area contributed by atoms with Crippen molar-refractivity contribution >= 4 is 27.9 Å². The molecule has 96 valence electrons. The van der Waals surface area contributed by atoms with E-state index < -0.39 is 0 Å². The molecule has 2 heterocycles. The Bertz CT molecular complexity index is 682. The summed E-state index contributed by atoms with van der Waals surface area (Å²) < 4.78 is 5.23. The standard InChI is InChI=1S/C14H13N3OS/c1-18-12-2-3-13-10(6-12)4-5-15-14(13)16-7-11-8-19-9-17-11/h2-6,8-9H,7H2,1H3,(H,15,16). The molecular weight excluding hydrogens is 258 g/mol. The zero-order chi connectivity index (χ0) is 13.1. The van der Waals surface area contributed by atoms with Crippen molar-refractivity contribution in [2.24, 2.45) is 0 Å². The van der Waals surface area contributed by atoms with Crippen molar-refractivity contribution in [3.8, 4) is 5.75 Å². The highest BCUT2D eigenvalue weighted by Gasteiger charge is 2.04. The van der Waals surface area contributed by atoms with Crippen molar-refractivity contribution in [2.75, 3.05) is 12.4 Å². The first-order chi connectivity index (χ1) is 9.36. The van der Waals surface area contributed by atoms with Gasteiger partial charge in [0, 0.05) is 17.0 Å². The molecule has 2 aromatic heterocycles. The van der Waals surface area contributed by atoms with Crippen LogP contribution in [0.1, 0.15) is 5.69 Å².